The molecule has 0 aliphatic rings. The lowest BCUT2D eigenvalue weighted by atomic mass is 10.1. The van der Waals surface area contributed by atoms with Crippen molar-refractivity contribution < 1.29 is 9.53 Å². The predicted octanol–water partition coefficient (Wildman–Crippen LogP) is 3.47. The van der Waals surface area contributed by atoms with Crippen LogP contribution < -0.4 is 10.1 Å². The molecule has 2 aromatic carbocycles. The molecule has 2 rings (SSSR count). The molecule has 2 aromatic rings. The minimum atomic E-state index is -0.415. The van der Waals surface area contributed by atoms with Crippen LogP contribution in [-0.4, -0.2) is 12.5 Å². The van der Waals surface area contributed by atoms with Crippen LogP contribution in [0.25, 0.3) is 6.08 Å². The van der Waals surface area contributed by atoms with Gasteiger partial charge in [0.2, 0.25) is 0 Å². The van der Waals surface area contributed by atoms with Crippen molar-refractivity contribution in [3.63, 3.8) is 0 Å². The number of carbonyl (C=O) groups excluding carboxylic acids is 1. The Balaban J connectivity index is 2.00. The molecule has 120 valence electrons. The number of nitrogens with zero attached hydrogens (tertiary/aromatic N) is 1. The monoisotopic (exact) mass is 318 g/mol. The Hall–Kier alpha value is -3.32. The number of nitrogens with one attached hydrogen (secondary N) is 1. The molecule has 0 radical (unpaired) electrons. The lowest BCUT2D eigenvalue weighted by Crippen LogP contribution is -2.24. The highest BCUT2D eigenvalue weighted by atomic mass is 16.5. The van der Waals surface area contributed by atoms with Crippen molar-refractivity contribution in [3.05, 3.63) is 84.0 Å². The number of amides is 1. The van der Waals surface area contributed by atoms with E-state index < -0.39 is 5.91 Å². The van der Waals surface area contributed by atoms with E-state index >= 15 is 0 Å². The Labute approximate surface area is 141 Å². The van der Waals surface area contributed by atoms with Crippen molar-refractivity contribution in [1.82, 2.24) is 5.32 Å². The SMILES string of the molecule is C=CCNC(=O)C(C#N)=Cc1ccc(OCc2ccccc2)cc1. The largest absolute Gasteiger partial charge is 0.489 e. The van der Waals surface area contributed by atoms with Gasteiger partial charge in [-0.1, -0.05) is 48.5 Å². The molecule has 0 fully saturated rings. The van der Waals surface area contributed by atoms with Crippen molar-refractivity contribution >= 4 is 12.0 Å². The van der Waals surface area contributed by atoms with Crippen LogP contribution in [-0.2, 0) is 11.4 Å². The zero-order valence-electron chi connectivity index (χ0n) is 13.2. The fraction of sp³-hybridized carbons (Fsp3) is 0.100. The Morgan fingerprint density at radius 2 is 1.88 bits per heavy atom. The Bertz CT molecular complexity index is 756. The molecular weight excluding hydrogens is 300 g/mol. The van der Waals surface area contributed by atoms with E-state index in [2.05, 4.69) is 11.9 Å². The normalized spacial score (nSPS) is 10.5. The average molecular weight is 318 g/mol. The number of hydrogen-bond acceptors (Lipinski definition) is 3. The van der Waals surface area contributed by atoms with Gasteiger partial charge in [-0.15, -0.1) is 6.58 Å². The average Bonchev–Trinajstić information content (AvgIpc) is 2.64. The van der Waals surface area contributed by atoms with Crippen LogP contribution >= 0.6 is 0 Å². The number of hydrogen-bond donors (Lipinski definition) is 1. The highest BCUT2D eigenvalue weighted by Gasteiger charge is 2.07. The van der Waals surface area contributed by atoms with E-state index in [4.69, 9.17) is 10.00 Å². The molecule has 0 aliphatic heterocycles. The van der Waals surface area contributed by atoms with Gasteiger partial charge in [0.05, 0.1) is 0 Å². The quantitative estimate of drug-likeness (QED) is 0.483. The Morgan fingerprint density at radius 1 is 1.17 bits per heavy atom. The number of benzene rings is 2. The van der Waals surface area contributed by atoms with Gasteiger partial charge in [-0.25, -0.2) is 0 Å². The second-order valence-electron chi connectivity index (χ2n) is 5.01. The fourth-order valence-corrected chi connectivity index (χ4v) is 1.98. The first kappa shape index (κ1) is 17.0. The third-order valence-electron chi connectivity index (χ3n) is 3.21. The van der Waals surface area contributed by atoms with Crippen LogP contribution in [0.1, 0.15) is 11.1 Å². The van der Waals surface area contributed by atoms with Crippen LogP contribution in [0.2, 0.25) is 0 Å². The summed E-state index contributed by atoms with van der Waals surface area (Å²) in [5.74, 6) is 0.312. The molecule has 4 heteroatoms. The van der Waals surface area contributed by atoms with Gasteiger partial charge in [0.25, 0.3) is 5.91 Å². The molecule has 4 nitrogen and oxygen atoms in total. The Kier molecular flexibility index (Phi) is 6.36. The smallest absolute Gasteiger partial charge is 0.262 e. The summed E-state index contributed by atoms with van der Waals surface area (Å²) in [7, 11) is 0. The molecule has 0 unspecified atom stereocenters. The summed E-state index contributed by atoms with van der Waals surface area (Å²) in [5, 5.41) is 11.7. The maximum absolute atomic E-state index is 11.8. The second-order valence-corrected chi connectivity index (χ2v) is 5.01. The number of rotatable bonds is 7. The lowest BCUT2D eigenvalue weighted by Gasteiger charge is -2.06. The molecule has 0 atom stereocenters. The summed E-state index contributed by atoms with van der Waals surface area (Å²) in [6, 6.07) is 19.0. The maximum Gasteiger partial charge on any atom is 0.262 e. The van der Waals surface area contributed by atoms with Crippen LogP contribution in [0.15, 0.2) is 72.8 Å². The fourth-order valence-electron chi connectivity index (χ4n) is 1.98. The molecule has 0 aliphatic carbocycles. The zero-order chi connectivity index (χ0) is 17.2. The molecule has 0 bridgehead atoms. The maximum atomic E-state index is 11.8. The highest BCUT2D eigenvalue weighted by Crippen LogP contribution is 2.16. The third-order valence-corrected chi connectivity index (χ3v) is 3.21. The first-order valence-corrected chi connectivity index (χ1v) is 7.50. The first-order chi connectivity index (χ1) is 11.7. The van der Waals surface area contributed by atoms with E-state index in [0.29, 0.717) is 13.2 Å². The van der Waals surface area contributed by atoms with Gasteiger partial charge < -0.3 is 10.1 Å². The van der Waals surface area contributed by atoms with Gasteiger partial charge >= 0.3 is 0 Å². The van der Waals surface area contributed by atoms with Crippen molar-refractivity contribution in [3.8, 4) is 11.8 Å². The van der Waals surface area contributed by atoms with Gasteiger partial charge in [-0.05, 0) is 29.3 Å². The number of carbonyl (C=O) groups is 1. The van der Waals surface area contributed by atoms with Crippen LogP contribution in [0, 0.1) is 11.3 Å². The van der Waals surface area contributed by atoms with Crippen LogP contribution in [0.3, 0.4) is 0 Å². The van der Waals surface area contributed by atoms with E-state index in [1.165, 1.54) is 0 Å². The van der Waals surface area contributed by atoms with Gasteiger partial charge in [0, 0.05) is 6.54 Å². The molecular formula is C20H18N2O2. The molecule has 1 N–H and O–H groups in total. The van der Waals surface area contributed by atoms with Gasteiger partial charge in [0.15, 0.2) is 0 Å². The van der Waals surface area contributed by atoms with Crippen molar-refractivity contribution in [2.24, 2.45) is 0 Å². The molecule has 0 heterocycles. The molecule has 0 saturated heterocycles. The lowest BCUT2D eigenvalue weighted by molar-refractivity contribution is -0.116. The van der Waals surface area contributed by atoms with E-state index in [-0.39, 0.29) is 5.57 Å². The predicted molar refractivity (Wildman–Crippen MR) is 94.0 cm³/mol. The topological polar surface area (TPSA) is 62.1 Å². The van der Waals surface area contributed by atoms with E-state index in [9.17, 15) is 4.79 Å². The minimum absolute atomic E-state index is 0.0507. The summed E-state index contributed by atoms with van der Waals surface area (Å²) >= 11 is 0. The molecule has 1 amide bonds. The second kappa shape index (κ2) is 8.96. The number of ether oxygens (including phenoxy) is 1. The summed E-state index contributed by atoms with van der Waals surface area (Å²) < 4.78 is 5.70. The van der Waals surface area contributed by atoms with Crippen molar-refractivity contribution in [2.75, 3.05) is 6.54 Å². The van der Waals surface area contributed by atoms with Gasteiger partial charge in [-0.2, -0.15) is 5.26 Å². The number of nitriles is 1. The zero-order valence-corrected chi connectivity index (χ0v) is 13.2. The summed E-state index contributed by atoms with van der Waals surface area (Å²) in [5.41, 5.74) is 1.90. The molecule has 0 spiro atoms. The van der Waals surface area contributed by atoms with Crippen LogP contribution in [0.5, 0.6) is 5.75 Å². The minimum Gasteiger partial charge on any atom is -0.489 e. The van der Waals surface area contributed by atoms with Crippen molar-refractivity contribution in [2.45, 2.75) is 6.61 Å². The first-order valence-electron chi connectivity index (χ1n) is 7.50. The van der Waals surface area contributed by atoms with E-state index in [1.807, 2.05) is 48.5 Å². The Morgan fingerprint density at radius 3 is 2.50 bits per heavy atom. The molecule has 24 heavy (non-hydrogen) atoms. The van der Waals surface area contributed by atoms with Gasteiger partial charge in [0.1, 0.15) is 24.0 Å². The summed E-state index contributed by atoms with van der Waals surface area (Å²) in [6.45, 7) is 4.33. The van der Waals surface area contributed by atoms with E-state index in [1.54, 1.807) is 24.3 Å². The molecule has 0 aromatic heterocycles. The van der Waals surface area contributed by atoms with Gasteiger partial charge in [-0.3, -0.25) is 4.79 Å². The highest BCUT2D eigenvalue weighted by molar-refractivity contribution is 6.01. The standard InChI is InChI=1S/C20H18N2O2/c1-2-12-22-20(23)18(14-21)13-16-8-10-19(11-9-16)24-15-17-6-4-3-5-7-17/h2-11,13H,1,12,15H2,(H,22,23). The van der Waals surface area contributed by atoms with E-state index in [0.717, 1.165) is 16.9 Å². The summed E-state index contributed by atoms with van der Waals surface area (Å²) in [4.78, 5) is 11.8. The van der Waals surface area contributed by atoms with Crippen molar-refractivity contribution in [1.29, 1.82) is 5.26 Å². The summed E-state index contributed by atoms with van der Waals surface area (Å²) in [6.07, 6.45) is 3.10. The van der Waals surface area contributed by atoms with Crippen LogP contribution in [0.4, 0.5) is 0 Å². The molecule has 0 saturated carbocycles. The third kappa shape index (κ3) is 5.15.